The molecule has 3 aliphatic heterocycles. The number of phenolic OH excluding ortho intramolecular Hbond substituents is 1. The molecule has 1 aliphatic carbocycles. The third-order valence-corrected chi connectivity index (χ3v) is 12.6. The number of anilines is 1. The van der Waals surface area contributed by atoms with Crippen molar-refractivity contribution in [2.75, 3.05) is 12.4 Å². The number of benzene rings is 3. The molecule has 4 aliphatic rings. The number of aliphatic hydroxyl groups is 3. The van der Waals surface area contributed by atoms with Gasteiger partial charge in [0, 0.05) is 54.2 Å². The Morgan fingerprint density at radius 2 is 1.53 bits per heavy atom. The summed E-state index contributed by atoms with van der Waals surface area (Å²) in [5, 5.41) is 48.1. The summed E-state index contributed by atoms with van der Waals surface area (Å²) in [6.07, 6.45) is 3.61. The average Bonchev–Trinajstić information content (AvgIpc) is 3.47. The summed E-state index contributed by atoms with van der Waals surface area (Å²) in [4.78, 5) is 48.2. The Morgan fingerprint density at radius 3 is 2.17 bits per heavy atom. The van der Waals surface area contributed by atoms with E-state index >= 15 is 0 Å². The van der Waals surface area contributed by atoms with E-state index in [9.17, 15) is 34.8 Å². The normalized spacial score (nSPS) is 30.4. The quantitative estimate of drug-likeness (QED) is 0.102. The van der Waals surface area contributed by atoms with Crippen LogP contribution in [0.2, 0.25) is 0 Å². The van der Waals surface area contributed by atoms with Crippen LogP contribution < -0.4 is 15.5 Å². The van der Waals surface area contributed by atoms with Crippen LogP contribution in [0.5, 0.6) is 11.5 Å². The summed E-state index contributed by atoms with van der Waals surface area (Å²) in [7, 11) is 1.45. The third-order valence-electron chi connectivity index (χ3n) is 12.6. The smallest absolute Gasteiger partial charge is 0.312 e. The number of aromatic nitrogens is 1. The number of fused-ring (bicyclic) bond motifs is 2. The van der Waals surface area contributed by atoms with Gasteiger partial charge in [-0.3, -0.25) is 14.4 Å². The zero-order valence-corrected chi connectivity index (χ0v) is 35.8. The van der Waals surface area contributed by atoms with Gasteiger partial charge in [0.15, 0.2) is 11.3 Å². The van der Waals surface area contributed by atoms with Gasteiger partial charge in [0.1, 0.15) is 28.4 Å². The molecule has 2 aromatic carbocycles. The average molecular weight is 813 g/mol. The molecule has 1 amide bonds. The number of aryl methyl sites for hydroxylation is 1. The van der Waals surface area contributed by atoms with Crippen LogP contribution in [0.1, 0.15) is 93.9 Å². The number of aromatic hydroxyl groups is 1. The number of aliphatic hydroxyl groups excluding tert-OH is 3. The molecular weight excluding hydrogens is 757 g/mol. The summed E-state index contributed by atoms with van der Waals surface area (Å²) in [5.41, 5.74) is 2.78. The molecule has 9 atom stereocenters. The van der Waals surface area contributed by atoms with Crippen molar-refractivity contribution in [1.82, 2.24) is 4.98 Å². The summed E-state index contributed by atoms with van der Waals surface area (Å²) >= 11 is 0. The molecule has 316 valence electrons. The third kappa shape index (κ3) is 7.32. The van der Waals surface area contributed by atoms with Gasteiger partial charge < -0.3 is 44.4 Å². The van der Waals surface area contributed by atoms with Gasteiger partial charge in [0.25, 0.3) is 11.7 Å². The van der Waals surface area contributed by atoms with Crippen LogP contribution in [0.25, 0.3) is 33.3 Å². The molecule has 0 fully saturated rings. The lowest BCUT2D eigenvalue weighted by atomic mass is 9.78. The number of allylic oxidation sites excluding steroid dienone is 2. The van der Waals surface area contributed by atoms with Crippen molar-refractivity contribution >= 4 is 39.2 Å². The first-order valence-electron chi connectivity index (χ1n) is 20.1. The van der Waals surface area contributed by atoms with Gasteiger partial charge in [-0.25, -0.2) is 4.98 Å². The first-order chi connectivity index (χ1) is 27.7. The van der Waals surface area contributed by atoms with Crippen molar-refractivity contribution in [3.63, 3.8) is 0 Å². The van der Waals surface area contributed by atoms with Gasteiger partial charge in [0.05, 0.1) is 41.6 Å². The Hall–Kier alpha value is -5.08. The highest BCUT2D eigenvalue weighted by molar-refractivity contribution is 6.22. The maximum atomic E-state index is 14.7. The van der Waals surface area contributed by atoms with Gasteiger partial charge in [-0.05, 0) is 62.4 Å². The lowest BCUT2D eigenvalue weighted by molar-refractivity contribution is -0.112. The van der Waals surface area contributed by atoms with E-state index in [4.69, 9.17) is 23.6 Å². The second-order valence-electron chi connectivity index (χ2n) is 16.9. The number of hydrogen-bond donors (Lipinski definition) is 5. The van der Waals surface area contributed by atoms with Crippen LogP contribution in [0.3, 0.4) is 0 Å². The largest absolute Gasteiger partial charge is 0.507 e. The molecule has 0 unspecified atom stereocenters. The Labute approximate surface area is 343 Å². The highest BCUT2D eigenvalue weighted by Crippen LogP contribution is 2.50. The SMILES string of the molecule is CO[C@H]1/C=C/O[C@@]2(C)Oc3c(C)c(O)c4c(=O)c(c5oc6cc(C(C)C)c(C)c(C)c6nc-5c4c3C2=O)NC(=O)/C(C)=C\C=C\[C@H](C)[C@H](O)[C@@H](C)[C@@H](O)[C@@H](C)[C@H](O)[C@@H]1C. The Bertz CT molecular complexity index is 2460. The maximum absolute atomic E-state index is 14.7. The van der Waals surface area contributed by atoms with E-state index in [1.165, 1.54) is 39.4 Å². The van der Waals surface area contributed by atoms with Gasteiger partial charge in [-0.1, -0.05) is 59.8 Å². The minimum Gasteiger partial charge on any atom is -0.507 e. The number of carbonyl (C=O) groups is 2. The van der Waals surface area contributed by atoms with Crippen LogP contribution in [-0.2, 0) is 14.3 Å². The number of methoxy groups -OCH3 is 1. The molecule has 0 spiro atoms. The highest BCUT2D eigenvalue weighted by Gasteiger charge is 2.50. The number of phenols is 1. The maximum Gasteiger partial charge on any atom is 0.312 e. The molecule has 59 heavy (non-hydrogen) atoms. The van der Waals surface area contributed by atoms with E-state index in [1.54, 1.807) is 46.8 Å². The van der Waals surface area contributed by atoms with Gasteiger partial charge in [-0.15, -0.1) is 0 Å². The summed E-state index contributed by atoms with van der Waals surface area (Å²) in [6, 6.07) is 1.86. The first kappa shape index (κ1) is 43.5. The van der Waals surface area contributed by atoms with Crippen LogP contribution in [-0.4, -0.2) is 74.4 Å². The fourth-order valence-corrected chi connectivity index (χ4v) is 8.43. The van der Waals surface area contributed by atoms with Crippen LogP contribution >= 0.6 is 0 Å². The van der Waals surface area contributed by atoms with E-state index in [0.717, 1.165) is 16.7 Å². The molecule has 5 N–H and O–H groups in total. The Kier molecular flexibility index (Phi) is 11.9. The molecule has 0 aromatic heterocycles. The van der Waals surface area contributed by atoms with E-state index in [2.05, 4.69) is 19.2 Å². The predicted octanol–water partition coefficient (Wildman–Crippen LogP) is 7.12. The van der Waals surface area contributed by atoms with Crippen molar-refractivity contribution in [2.24, 2.45) is 23.7 Å². The van der Waals surface area contributed by atoms with E-state index < -0.39 is 76.7 Å². The highest BCUT2D eigenvalue weighted by atomic mass is 16.7. The Balaban J connectivity index is 1.64. The van der Waals surface area contributed by atoms with E-state index in [1.807, 2.05) is 19.9 Å². The molecule has 0 saturated carbocycles. The van der Waals surface area contributed by atoms with Crippen molar-refractivity contribution in [3.05, 3.63) is 80.2 Å². The van der Waals surface area contributed by atoms with Gasteiger partial charge in [0.2, 0.25) is 5.43 Å². The molecule has 4 bridgehead atoms. The molecule has 0 saturated heterocycles. The zero-order valence-electron chi connectivity index (χ0n) is 35.8. The molecular formula is C46H56N2O11. The number of amides is 1. The van der Waals surface area contributed by atoms with Gasteiger partial charge >= 0.3 is 5.79 Å². The zero-order chi connectivity index (χ0) is 43.6. The first-order valence-corrected chi connectivity index (χ1v) is 20.1. The van der Waals surface area contributed by atoms with E-state index in [-0.39, 0.29) is 56.3 Å². The fraction of sp³-hybridized carbons (Fsp3) is 0.478. The summed E-state index contributed by atoms with van der Waals surface area (Å²) < 4.78 is 24.5. The van der Waals surface area contributed by atoms with E-state index in [0.29, 0.717) is 11.1 Å². The number of nitrogens with zero attached hydrogens (tertiary/aromatic N) is 1. The lowest BCUT2D eigenvalue weighted by Crippen LogP contribution is -2.44. The number of hydrogen-bond acceptors (Lipinski definition) is 12. The molecule has 3 heterocycles. The van der Waals surface area contributed by atoms with Crippen molar-refractivity contribution in [2.45, 2.75) is 112 Å². The molecule has 13 heteroatoms. The standard InChI is InChI=1S/C46H56N2O11/c1-19(2)28-18-30-34(23(6)22(28)5)47-35-31-32-40(52)27(10)42-33(31)44(54)46(11,59-42)57-17-16-29(56-12)24(7)38(50)26(9)39(51)25(8)37(49)20(3)14-13-15-21(4)45(55)48-36(41(32)53)43(35)58-30/h13-20,24-26,29,37-39,49-52H,1-12H3,(H,48,55)/b14-13+,17-16+,21-15-/t20-,24+,25+,26-,29-,37-,38+,39+,46-/m0/s1. The topological polar surface area (TPSA) is 198 Å². The second-order valence-corrected chi connectivity index (χ2v) is 16.9. The summed E-state index contributed by atoms with van der Waals surface area (Å²) in [6.45, 7) is 19.4. The van der Waals surface area contributed by atoms with Crippen LogP contribution in [0.4, 0.5) is 5.69 Å². The number of rotatable bonds is 2. The minimum atomic E-state index is -1.99. The summed E-state index contributed by atoms with van der Waals surface area (Å²) in [5.74, 6) is -6.21. The number of nitrogens with one attached hydrogen (secondary N) is 1. The molecule has 0 radical (unpaired) electrons. The Morgan fingerprint density at radius 1 is 0.881 bits per heavy atom. The second kappa shape index (κ2) is 16.2. The lowest BCUT2D eigenvalue weighted by Gasteiger charge is -2.36. The predicted molar refractivity (Wildman–Crippen MR) is 225 cm³/mol. The van der Waals surface area contributed by atoms with Crippen molar-refractivity contribution < 1.29 is 48.6 Å². The molecule has 13 nitrogen and oxygen atoms in total. The monoisotopic (exact) mass is 812 g/mol. The van der Waals surface area contributed by atoms with Crippen LogP contribution in [0.15, 0.2) is 51.4 Å². The number of carbonyl (C=O) groups excluding carboxylic acids is 2. The number of Topliss-reactive ketones (excluding diaryl/α,β-unsaturated/α-hetero) is 1. The fourth-order valence-electron chi connectivity index (χ4n) is 8.43. The number of ether oxygens (including phenoxy) is 3. The minimum absolute atomic E-state index is 0.0187. The number of ketones is 1. The van der Waals surface area contributed by atoms with Crippen molar-refractivity contribution in [1.29, 1.82) is 0 Å². The van der Waals surface area contributed by atoms with Crippen molar-refractivity contribution in [3.8, 4) is 23.0 Å². The van der Waals surface area contributed by atoms with Gasteiger partial charge in [-0.2, -0.15) is 0 Å². The van der Waals surface area contributed by atoms with Crippen LogP contribution in [0, 0.1) is 44.4 Å². The molecule has 6 rings (SSSR count). The molecule has 2 aromatic rings.